The van der Waals surface area contributed by atoms with Gasteiger partial charge < -0.3 is 16.0 Å². The van der Waals surface area contributed by atoms with Crippen molar-refractivity contribution in [3.63, 3.8) is 0 Å². The SMILES string of the molecule is O=C1N[C@H]2NC(=S)N[C@H]2N1C1CCCCC1. The zero-order valence-electron chi connectivity index (χ0n) is 9.03. The fraction of sp³-hybridized carbons (Fsp3) is 0.800. The lowest BCUT2D eigenvalue weighted by Crippen LogP contribution is -2.49. The van der Waals surface area contributed by atoms with Gasteiger partial charge in [-0.25, -0.2) is 4.79 Å². The molecule has 6 heteroatoms. The number of carbonyl (C=O) groups excluding carboxylic acids is 1. The first-order chi connectivity index (χ1) is 7.75. The van der Waals surface area contributed by atoms with Gasteiger partial charge in [-0.05, 0) is 25.1 Å². The van der Waals surface area contributed by atoms with Crippen molar-refractivity contribution in [1.29, 1.82) is 0 Å². The Kier molecular flexibility index (Phi) is 2.38. The van der Waals surface area contributed by atoms with Crippen LogP contribution in [0.15, 0.2) is 0 Å². The van der Waals surface area contributed by atoms with Gasteiger partial charge in [-0.1, -0.05) is 19.3 Å². The number of urea groups is 1. The number of fused-ring (bicyclic) bond motifs is 1. The number of hydrogen-bond acceptors (Lipinski definition) is 2. The molecule has 2 aliphatic heterocycles. The number of nitrogens with one attached hydrogen (secondary N) is 3. The van der Waals surface area contributed by atoms with Crippen molar-refractivity contribution in [2.45, 2.75) is 50.5 Å². The maximum atomic E-state index is 11.9. The van der Waals surface area contributed by atoms with E-state index in [1.807, 2.05) is 4.90 Å². The van der Waals surface area contributed by atoms with E-state index in [1.165, 1.54) is 19.3 Å². The lowest BCUT2D eigenvalue weighted by Gasteiger charge is -2.33. The average molecular weight is 240 g/mol. The van der Waals surface area contributed by atoms with Crippen LogP contribution in [0.1, 0.15) is 32.1 Å². The Morgan fingerprint density at radius 3 is 2.62 bits per heavy atom. The number of nitrogens with zero attached hydrogens (tertiary/aromatic N) is 1. The second kappa shape index (κ2) is 3.76. The second-order valence-electron chi connectivity index (χ2n) is 4.69. The van der Waals surface area contributed by atoms with Gasteiger partial charge >= 0.3 is 6.03 Å². The Labute approximate surface area is 99.9 Å². The van der Waals surface area contributed by atoms with Crippen LogP contribution in [0, 0.1) is 0 Å². The Balaban J connectivity index is 1.77. The Bertz CT molecular complexity index is 329. The molecule has 2 heterocycles. The lowest BCUT2D eigenvalue weighted by atomic mass is 9.94. The molecule has 0 spiro atoms. The summed E-state index contributed by atoms with van der Waals surface area (Å²) in [5.74, 6) is 0. The molecule has 2 amide bonds. The molecule has 0 unspecified atom stereocenters. The normalized spacial score (nSPS) is 34.4. The fourth-order valence-electron chi connectivity index (χ4n) is 2.91. The molecule has 0 bridgehead atoms. The molecule has 3 rings (SSSR count). The summed E-state index contributed by atoms with van der Waals surface area (Å²) in [5, 5.41) is 9.77. The number of hydrogen-bond donors (Lipinski definition) is 3. The van der Waals surface area contributed by atoms with E-state index in [-0.39, 0.29) is 18.4 Å². The maximum absolute atomic E-state index is 11.9. The van der Waals surface area contributed by atoms with Gasteiger partial charge in [0.2, 0.25) is 0 Å². The smallest absolute Gasteiger partial charge is 0.321 e. The van der Waals surface area contributed by atoms with Gasteiger partial charge in [0.25, 0.3) is 0 Å². The minimum absolute atomic E-state index is 0.00287. The maximum Gasteiger partial charge on any atom is 0.321 e. The van der Waals surface area contributed by atoms with Crippen molar-refractivity contribution in [3.05, 3.63) is 0 Å². The predicted molar refractivity (Wildman–Crippen MR) is 63.7 cm³/mol. The van der Waals surface area contributed by atoms with E-state index >= 15 is 0 Å². The van der Waals surface area contributed by atoms with Crippen LogP contribution < -0.4 is 16.0 Å². The second-order valence-corrected chi connectivity index (χ2v) is 5.10. The largest absolute Gasteiger partial charge is 0.339 e. The molecule has 2 atom stereocenters. The summed E-state index contributed by atoms with van der Waals surface area (Å²) in [4.78, 5) is 13.8. The summed E-state index contributed by atoms with van der Waals surface area (Å²) in [5.41, 5.74) is 0. The van der Waals surface area contributed by atoms with E-state index in [1.54, 1.807) is 0 Å². The highest BCUT2D eigenvalue weighted by atomic mass is 32.1. The molecular formula is C10H16N4OS. The van der Waals surface area contributed by atoms with Gasteiger partial charge in [0.05, 0.1) is 0 Å². The fourth-order valence-corrected chi connectivity index (χ4v) is 3.16. The van der Waals surface area contributed by atoms with Crippen LogP contribution in [0.5, 0.6) is 0 Å². The van der Waals surface area contributed by atoms with Gasteiger partial charge in [-0.3, -0.25) is 4.90 Å². The minimum atomic E-state index is -0.0538. The molecule has 88 valence electrons. The zero-order valence-corrected chi connectivity index (χ0v) is 9.85. The third kappa shape index (κ3) is 1.52. The van der Waals surface area contributed by atoms with Crippen molar-refractivity contribution in [1.82, 2.24) is 20.9 Å². The average Bonchev–Trinajstić information content (AvgIpc) is 2.74. The predicted octanol–water partition coefficient (Wildman–Crippen LogP) is 0.474. The molecule has 1 saturated carbocycles. The molecule has 5 nitrogen and oxygen atoms in total. The molecule has 16 heavy (non-hydrogen) atoms. The van der Waals surface area contributed by atoms with Gasteiger partial charge in [-0.2, -0.15) is 0 Å². The van der Waals surface area contributed by atoms with Crippen LogP contribution >= 0.6 is 12.2 Å². The van der Waals surface area contributed by atoms with Crippen molar-refractivity contribution in [2.24, 2.45) is 0 Å². The Hall–Kier alpha value is -1.04. The Morgan fingerprint density at radius 1 is 1.12 bits per heavy atom. The number of amides is 2. The first-order valence-electron chi connectivity index (χ1n) is 5.91. The van der Waals surface area contributed by atoms with Crippen LogP contribution in [-0.2, 0) is 0 Å². The third-order valence-electron chi connectivity index (χ3n) is 3.66. The summed E-state index contributed by atoms with van der Waals surface area (Å²) in [6, 6.07) is 0.406. The van der Waals surface area contributed by atoms with E-state index in [2.05, 4.69) is 16.0 Å². The number of carbonyl (C=O) groups is 1. The summed E-state index contributed by atoms with van der Waals surface area (Å²) in [6.45, 7) is 0. The molecule has 3 aliphatic rings. The molecule has 1 aliphatic carbocycles. The van der Waals surface area contributed by atoms with E-state index in [0.29, 0.717) is 11.2 Å². The van der Waals surface area contributed by atoms with E-state index < -0.39 is 0 Å². The van der Waals surface area contributed by atoms with E-state index in [0.717, 1.165) is 12.8 Å². The highest BCUT2D eigenvalue weighted by molar-refractivity contribution is 7.80. The zero-order chi connectivity index (χ0) is 11.1. The first kappa shape index (κ1) is 10.1. The van der Waals surface area contributed by atoms with Crippen molar-refractivity contribution >= 4 is 23.4 Å². The topological polar surface area (TPSA) is 56.4 Å². The van der Waals surface area contributed by atoms with Crippen molar-refractivity contribution in [3.8, 4) is 0 Å². The standard InChI is InChI=1S/C10H16N4OS/c15-10-12-7-8(13-9(16)11-7)14(10)6-4-2-1-3-5-6/h6-8H,1-5H2,(H,12,15)(H2,11,13,16)/t7-,8+/m1/s1. The van der Waals surface area contributed by atoms with Crippen LogP contribution in [-0.4, -0.2) is 34.4 Å². The number of rotatable bonds is 1. The first-order valence-corrected chi connectivity index (χ1v) is 6.32. The summed E-state index contributed by atoms with van der Waals surface area (Å²) in [7, 11) is 0. The monoisotopic (exact) mass is 240 g/mol. The van der Waals surface area contributed by atoms with E-state index in [4.69, 9.17) is 12.2 Å². The minimum Gasteiger partial charge on any atom is -0.339 e. The quantitative estimate of drug-likeness (QED) is 0.583. The third-order valence-corrected chi connectivity index (χ3v) is 3.90. The summed E-state index contributed by atoms with van der Waals surface area (Å²) < 4.78 is 0. The molecular weight excluding hydrogens is 224 g/mol. The van der Waals surface area contributed by atoms with Gasteiger partial charge in [0, 0.05) is 6.04 Å². The lowest BCUT2D eigenvalue weighted by molar-refractivity contribution is 0.146. The highest BCUT2D eigenvalue weighted by Crippen LogP contribution is 2.27. The summed E-state index contributed by atoms with van der Waals surface area (Å²) in [6.07, 6.45) is 5.93. The van der Waals surface area contributed by atoms with Crippen LogP contribution in [0.3, 0.4) is 0 Å². The van der Waals surface area contributed by atoms with Crippen LogP contribution in [0.2, 0.25) is 0 Å². The van der Waals surface area contributed by atoms with Crippen LogP contribution in [0.25, 0.3) is 0 Å². The van der Waals surface area contributed by atoms with Gasteiger partial charge in [0.1, 0.15) is 12.3 Å². The molecule has 0 aromatic heterocycles. The van der Waals surface area contributed by atoms with Crippen LogP contribution in [0.4, 0.5) is 4.79 Å². The van der Waals surface area contributed by atoms with Gasteiger partial charge in [-0.15, -0.1) is 0 Å². The van der Waals surface area contributed by atoms with E-state index in [9.17, 15) is 4.79 Å². The molecule has 3 N–H and O–H groups in total. The molecule has 0 radical (unpaired) electrons. The Morgan fingerprint density at radius 2 is 1.88 bits per heavy atom. The van der Waals surface area contributed by atoms with Crippen molar-refractivity contribution in [2.75, 3.05) is 0 Å². The molecule has 0 aromatic carbocycles. The van der Waals surface area contributed by atoms with Gasteiger partial charge in [0.15, 0.2) is 5.11 Å². The molecule has 0 aromatic rings. The number of thiocarbonyl (C=S) groups is 1. The molecule has 3 fully saturated rings. The highest BCUT2D eigenvalue weighted by Gasteiger charge is 2.46. The molecule has 2 saturated heterocycles. The van der Waals surface area contributed by atoms with Crippen molar-refractivity contribution < 1.29 is 4.79 Å². The summed E-state index contributed by atoms with van der Waals surface area (Å²) >= 11 is 5.07.